The van der Waals surface area contributed by atoms with Crippen molar-refractivity contribution in [2.45, 2.75) is 32.7 Å². The molecule has 2 atom stereocenters. The third-order valence-electron chi connectivity index (χ3n) is 4.37. The second-order valence-corrected chi connectivity index (χ2v) is 6.06. The molecule has 116 valence electrons. The number of aromatic nitrogens is 1. The number of fused-ring (bicyclic) bond motifs is 1. The molecule has 0 aliphatic carbocycles. The van der Waals surface area contributed by atoms with Crippen molar-refractivity contribution in [3.05, 3.63) is 88.2 Å². The lowest BCUT2D eigenvalue weighted by Crippen LogP contribution is -2.34. The Labute approximate surface area is 137 Å². The van der Waals surface area contributed by atoms with Crippen molar-refractivity contribution in [3.8, 4) is 0 Å². The summed E-state index contributed by atoms with van der Waals surface area (Å²) in [6, 6.07) is 10.7. The molecular weight excluding hydrogens is 280 g/mol. The largest absolute Gasteiger partial charge is 0.276 e. The highest BCUT2D eigenvalue weighted by atomic mass is 14.8. The minimum Gasteiger partial charge on any atom is -0.276 e. The number of rotatable bonds is 3. The second kappa shape index (κ2) is 6.33. The van der Waals surface area contributed by atoms with E-state index in [0.717, 1.165) is 16.6 Å². The molecule has 1 aliphatic heterocycles. The molecule has 0 radical (unpaired) electrons. The Hall–Kier alpha value is -2.48. The fourth-order valence-electron chi connectivity index (χ4n) is 3.04. The highest BCUT2D eigenvalue weighted by Crippen LogP contribution is 2.29. The van der Waals surface area contributed by atoms with Crippen molar-refractivity contribution in [1.29, 1.82) is 0 Å². The lowest BCUT2D eigenvalue weighted by molar-refractivity contribution is 0.679. The number of hydrogen-bond acceptors (Lipinski definition) is 2. The Morgan fingerprint density at radius 2 is 2.00 bits per heavy atom. The van der Waals surface area contributed by atoms with Gasteiger partial charge in [-0.15, -0.1) is 6.58 Å². The quantitative estimate of drug-likeness (QED) is 0.798. The van der Waals surface area contributed by atoms with Gasteiger partial charge in [0.1, 0.15) is 0 Å². The molecule has 0 spiro atoms. The maximum Gasteiger partial charge on any atom is 0.0857 e. The van der Waals surface area contributed by atoms with Crippen LogP contribution in [0.15, 0.2) is 65.8 Å². The third kappa shape index (κ3) is 3.02. The number of allylic oxidation sites excluding steroid dienone is 1. The molecule has 2 aromatic rings. The maximum atomic E-state index is 5.03. The zero-order valence-electron chi connectivity index (χ0n) is 14.0. The summed E-state index contributed by atoms with van der Waals surface area (Å²) < 4.78 is 0. The number of nitrogens with zero attached hydrogens (tertiary/aromatic N) is 2. The Morgan fingerprint density at radius 1 is 1.17 bits per heavy atom. The zero-order valence-corrected chi connectivity index (χ0v) is 14.0. The molecule has 0 fully saturated rings. The van der Waals surface area contributed by atoms with Gasteiger partial charge in [-0.25, -0.2) is 0 Å². The van der Waals surface area contributed by atoms with Gasteiger partial charge in [0.25, 0.3) is 0 Å². The summed E-state index contributed by atoms with van der Waals surface area (Å²) in [5.41, 5.74) is 4.64. The minimum atomic E-state index is 0.0521. The van der Waals surface area contributed by atoms with E-state index in [-0.39, 0.29) is 12.0 Å². The lowest BCUT2D eigenvalue weighted by atomic mass is 9.86. The van der Waals surface area contributed by atoms with E-state index in [2.05, 4.69) is 61.8 Å². The van der Waals surface area contributed by atoms with Gasteiger partial charge in [0.15, 0.2) is 0 Å². The van der Waals surface area contributed by atoms with Crippen LogP contribution in [-0.4, -0.2) is 11.0 Å². The smallest absolute Gasteiger partial charge is 0.0857 e. The average molecular weight is 302 g/mol. The number of pyridine rings is 1. The highest BCUT2D eigenvalue weighted by molar-refractivity contribution is 5.53. The Balaban J connectivity index is 2.12. The monoisotopic (exact) mass is 302 g/mol. The highest BCUT2D eigenvalue weighted by Gasteiger charge is 2.24. The van der Waals surface area contributed by atoms with E-state index in [1.165, 1.54) is 16.4 Å². The van der Waals surface area contributed by atoms with Gasteiger partial charge in [0.2, 0.25) is 0 Å². The molecule has 2 heteroatoms. The first kappa shape index (κ1) is 15.4. The summed E-state index contributed by atoms with van der Waals surface area (Å²) in [4.78, 5) is 9.46. The zero-order chi connectivity index (χ0) is 16.4. The first-order chi connectivity index (χ1) is 11.1. The predicted octanol–water partition coefficient (Wildman–Crippen LogP) is 3.40. The third-order valence-corrected chi connectivity index (χ3v) is 4.37. The first-order valence-electron chi connectivity index (χ1n) is 8.00. The molecule has 0 N–H and O–H groups in total. The molecule has 0 saturated heterocycles. The molecule has 0 amide bonds. The number of hydrogen-bond donors (Lipinski definition) is 0. The first-order valence-corrected chi connectivity index (χ1v) is 8.00. The molecule has 2 nitrogen and oxygen atoms in total. The van der Waals surface area contributed by atoms with Crippen LogP contribution in [0.1, 0.15) is 29.7 Å². The van der Waals surface area contributed by atoms with Crippen LogP contribution >= 0.6 is 0 Å². The molecule has 1 aromatic carbocycles. The topological polar surface area (TPSA) is 25.2 Å². The van der Waals surface area contributed by atoms with Crippen molar-refractivity contribution in [2.24, 2.45) is 4.99 Å². The summed E-state index contributed by atoms with van der Waals surface area (Å²) in [6.07, 6.45) is 8.31. The summed E-state index contributed by atoms with van der Waals surface area (Å²) in [6.45, 7) is 10.2. The van der Waals surface area contributed by atoms with Crippen molar-refractivity contribution in [1.82, 2.24) is 4.98 Å². The molecule has 2 heterocycles. The van der Waals surface area contributed by atoms with Crippen LogP contribution in [0, 0.1) is 13.8 Å². The standard InChI is InChI=1S/C21H22N2/c1-5-16-12-17-9-7-14(3)11-20(17)23-21(16)19(6-2)18-10-8-15(4)22-13-18/h5-13,19,21H,2H2,1,3-4H3/b16-5-. The van der Waals surface area contributed by atoms with Crippen molar-refractivity contribution in [3.63, 3.8) is 0 Å². The van der Waals surface area contributed by atoms with Gasteiger partial charge in [0.05, 0.1) is 11.4 Å². The Bertz CT molecular complexity index is 873. The van der Waals surface area contributed by atoms with Gasteiger partial charge < -0.3 is 0 Å². The maximum absolute atomic E-state index is 5.03. The van der Waals surface area contributed by atoms with Gasteiger partial charge >= 0.3 is 0 Å². The Morgan fingerprint density at radius 3 is 2.65 bits per heavy atom. The normalized spacial score (nSPS) is 19.4. The molecule has 23 heavy (non-hydrogen) atoms. The minimum absolute atomic E-state index is 0.0521. The summed E-state index contributed by atoms with van der Waals surface area (Å²) in [7, 11) is 0. The van der Waals surface area contributed by atoms with E-state index in [9.17, 15) is 0 Å². The van der Waals surface area contributed by atoms with Crippen LogP contribution < -0.4 is 10.6 Å². The van der Waals surface area contributed by atoms with E-state index in [1.807, 2.05) is 25.3 Å². The van der Waals surface area contributed by atoms with Crippen LogP contribution in [0.4, 0.5) is 0 Å². The van der Waals surface area contributed by atoms with E-state index >= 15 is 0 Å². The summed E-state index contributed by atoms with van der Waals surface area (Å²) >= 11 is 0. The predicted molar refractivity (Wildman–Crippen MR) is 95.9 cm³/mol. The molecular formula is C21H22N2. The Kier molecular flexibility index (Phi) is 4.24. The van der Waals surface area contributed by atoms with E-state index in [0.29, 0.717) is 0 Å². The lowest BCUT2D eigenvalue weighted by Gasteiger charge is -2.25. The molecule has 1 aromatic heterocycles. The SMILES string of the molecule is C=CC(c1ccc(C)nc1)C1N=c2cc(C)ccc2=C/C1=C/C. The fourth-order valence-corrected chi connectivity index (χ4v) is 3.04. The van der Waals surface area contributed by atoms with Crippen LogP contribution in [0.25, 0.3) is 6.08 Å². The summed E-state index contributed by atoms with van der Waals surface area (Å²) in [5, 5.41) is 2.25. The molecule has 2 unspecified atom stereocenters. The van der Waals surface area contributed by atoms with Crippen LogP contribution in [-0.2, 0) is 0 Å². The fraction of sp³-hybridized carbons (Fsp3) is 0.238. The molecule has 3 rings (SSSR count). The van der Waals surface area contributed by atoms with Crippen molar-refractivity contribution >= 4 is 6.08 Å². The van der Waals surface area contributed by atoms with Gasteiger partial charge in [0, 0.05) is 23.0 Å². The average Bonchev–Trinajstić information content (AvgIpc) is 2.56. The van der Waals surface area contributed by atoms with E-state index < -0.39 is 0 Å². The van der Waals surface area contributed by atoms with Gasteiger partial charge in [-0.05, 0) is 55.7 Å². The molecule has 0 bridgehead atoms. The molecule has 0 saturated carbocycles. The van der Waals surface area contributed by atoms with Gasteiger partial charge in [-0.1, -0.05) is 30.4 Å². The van der Waals surface area contributed by atoms with Gasteiger partial charge in [-0.3, -0.25) is 9.98 Å². The second-order valence-electron chi connectivity index (χ2n) is 6.06. The number of aryl methyl sites for hydroxylation is 2. The van der Waals surface area contributed by atoms with Crippen LogP contribution in [0.3, 0.4) is 0 Å². The van der Waals surface area contributed by atoms with Crippen LogP contribution in [0.2, 0.25) is 0 Å². The van der Waals surface area contributed by atoms with Crippen molar-refractivity contribution < 1.29 is 0 Å². The van der Waals surface area contributed by atoms with E-state index in [4.69, 9.17) is 4.99 Å². The van der Waals surface area contributed by atoms with Crippen molar-refractivity contribution in [2.75, 3.05) is 0 Å². The molecule has 1 aliphatic rings. The number of benzene rings is 1. The van der Waals surface area contributed by atoms with Gasteiger partial charge in [-0.2, -0.15) is 0 Å². The van der Waals surface area contributed by atoms with E-state index in [1.54, 1.807) is 0 Å². The summed E-state index contributed by atoms with van der Waals surface area (Å²) in [5.74, 6) is 0.124. The van der Waals surface area contributed by atoms with Crippen LogP contribution in [0.5, 0.6) is 0 Å².